The normalized spacial score (nSPS) is 13.1. The lowest BCUT2D eigenvalue weighted by Crippen LogP contribution is -2.49. The van der Waals surface area contributed by atoms with E-state index in [0.717, 1.165) is 23.8 Å². The van der Waals surface area contributed by atoms with Crippen molar-refractivity contribution in [2.75, 3.05) is 17.1 Å². The summed E-state index contributed by atoms with van der Waals surface area (Å²) in [6.45, 7) is 7.77. The summed E-state index contributed by atoms with van der Waals surface area (Å²) in [5.74, 6) is -0.479. The highest BCUT2D eigenvalue weighted by atomic mass is 35.5. The van der Waals surface area contributed by atoms with Crippen LogP contribution in [0.2, 0.25) is 5.02 Å². The van der Waals surface area contributed by atoms with Crippen LogP contribution in [0.15, 0.2) is 48.5 Å². The minimum atomic E-state index is -3.53. The summed E-state index contributed by atoms with van der Waals surface area (Å²) in [5.41, 5.74) is 2.17. The third-order valence-corrected chi connectivity index (χ3v) is 7.55. The second kappa shape index (κ2) is 12.9. The zero-order valence-corrected chi connectivity index (χ0v) is 22.7. The van der Waals surface area contributed by atoms with Gasteiger partial charge in [-0.2, -0.15) is 0 Å². The number of rotatable bonds is 12. The molecule has 0 aromatic heterocycles. The molecule has 0 heterocycles. The molecule has 2 amide bonds. The molecule has 192 valence electrons. The number of nitrogens with one attached hydrogen (secondary N) is 1. The Balaban J connectivity index is 2.20. The number of carbonyl (C=O) groups excluding carboxylic acids is 2. The first-order valence-corrected chi connectivity index (χ1v) is 14.0. The lowest BCUT2D eigenvalue weighted by atomic mass is 10.1. The zero-order chi connectivity index (χ0) is 26.2. The van der Waals surface area contributed by atoms with E-state index in [1.54, 1.807) is 25.1 Å². The summed E-state index contributed by atoms with van der Waals surface area (Å²) in [7, 11) is -3.53. The molecule has 0 saturated heterocycles. The lowest BCUT2D eigenvalue weighted by molar-refractivity contribution is -0.140. The Hall–Kier alpha value is -2.58. The maximum Gasteiger partial charge on any atom is 0.242 e. The third kappa shape index (κ3) is 8.25. The molecule has 35 heavy (non-hydrogen) atoms. The predicted octanol–water partition coefficient (Wildman–Crippen LogP) is 4.53. The summed E-state index contributed by atoms with van der Waals surface area (Å²) in [6.07, 6.45) is 2.33. The summed E-state index contributed by atoms with van der Waals surface area (Å²) in [4.78, 5) is 27.7. The molecule has 0 fully saturated rings. The number of hydrogen-bond acceptors (Lipinski definition) is 4. The van der Waals surface area contributed by atoms with Crippen LogP contribution in [0, 0.1) is 6.92 Å². The topological polar surface area (TPSA) is 86.8 Å². The van der Waals surface area contributed by atoms with E-state index in [2.05, 4.69) is 5.32 Å². The molecule has 0 radical (unpaired) electrons. The average Bonchev–Trinajstić information content (AvgIpc) is 2.80. The Morgan fingerprint density at radius 2 is 1.69 bits per heavy atom. The molecule has 1 N–H and O–H groups in total. The van der Waals surface area contributed by atoms with Crippen molar-refractivity contribution in [2.45, 2.75) is 65.6 Å². The van der Waals surface area contributed by atoms with E-state index in [1.165, 1.54) is 9.21 Å². The first-order valence-electron chi connectivity index (χ1n) is 11.8. The molecule has 2 atom stereocenters. The van der Waals surface area contributed by atoms with Gasteiger partial charge >= 0.3 is 0 Å². The summed E-state index contributed by atoms with van der Waals surface area (Å²) < 4.78 is 26.3. The van der Waals surface area contributed by atoms with E-state index < -0.39 is 16.1 Å². The molecule has 0 aliphatic rings. The molecular formula is C26H36ClN3O4S. The fourth-order valence-electron chi connectivity index (χ4n) is 3.68. The van der Waals surface area contributed by atoms with Crippen LogP contribution in [-0.4, -0.2) is 50.0 Å². The summed E-state index contributed by atoms with van der Waals surface area (Å²) in [6, 6.07) is 13.7. The molecule has 7 nitrogen and oxygen atoms in total. The molecule has 0 spiro atoms. The molecule has 9 heteroatoms. The summed E-state index contributed by atoms with van der Waals surface area (Å²) in [5, 5.41) is 3.45. The highest BCUT2D eigenvalue weighted by molar-refractivity contribution is 7.92. The molecule has 0 aliphatic carbocycles. The number of anilines is 1. The van der Waals surface area contributed by atoms with Crippen LogP contribution in [0.3, 0.4) is 0 Å². The quantitative estimate of drug-likeness (QED) is 0.444. The number of nitrogens with zero attached hydrogens (tertiary/aromatic N) is 2. The van der Waals surface area contributed by atoms with Gasteiger partial charge in [-0.05, 0) is 56.9 Å². The van der Waals surface area contributed by atoms with Gasteiger partial charge in [-0.25, -0.2) is 8.42 Å². The summed E-state index contributed by atoms with van der Waals surface area (Å²) >= 11 is 6.33. The van der Waals surface area contributed by atoms with Crippen LogP contribution >= 0.6 is 11.6 Å². The van der Waals surface area contributed by atoms with Gasteiger partial charge in [0.2, 0.25) is 21.8 Å². The number of amides is 2. The Bertz CT molecular complexity index is 1120. The molecule has 0 aliphatic heterocycles. The zero-order valence-electron chi connectivity index (χ0n) is 21.1. The molecule has 0 saturated carbocycles. The fourth-order valence-corrected chi connectivity index (χ4v) is 4.90. The van der Waals surface area contributed by atoms with Gasteiger partial charge in [-0.1, -0.05) is 54.9 Å². The number of benzene rings is 2. The first-order chi connectivity index (χ1) is 16.5. The van der Waals surface area contributed by atoms with E-state index in [1.807, 2.05) is 51.1 Å². The smallest absolute Gasteiger partial charge is 0.242 e. The highest BCUT2D eigenvalue weighted by Crippen LogP contribution is 2.23. The van der Waals surface area contributed by atoms with E-state index in [0.29, 0.717) is 17.1 Å². The van der Waals surface area contributed by atoms with Crippen molar-refractivity contribution in [1.29, 1.82) is 0 Å². The standard InChI is InChI=1S/C26H36ClN3O4S/c1-6-20(3)28-26(32)21(4)29(18-22-13-8-9-14-23(22)27)25(31)16-11-17-30(35(5,33)34)24-15-10-7-12-19(24)2/h7-10,12-15,20-21H,6,11,16-18H2,1-5H3,(H,28,32). The van der Waals surface area contributed by atoms with Gasteiger partial charge < -0.3 is 10.2 Å². The maximum atomic E-state index is 13.3. The van der Waals surface area contributed by atoms with Crippen molar-refractivity contribution in [1.82, 2.24) is 10.2 Å². The van der Waals surface area contributed by atoms with Crippen LogP contribution in [0.1, 0.15) is 51.2 Å². The Morgan fingerprint density at radius 3 is 2.29 bits per heavy atom. The van der Waals surface area contributed by atoms with Crippen LogP contribution in [0.4, 0.5) is 5.69 Å². The fraction of sp³-hybridized carbons (Fsp3) is 0.462. The van der Waals surface area contributed by atoms with Gasteiger partial charge in [0.1, 0.15) is 6.04 Å². The lowest BCUT2D eigenvalue weighted by Gasteiger charge is -2.30. The molecule has 0 bridgehead atoms. The Kier molecular flexibility index (Phi) is 10.6. The maximum absolute atomic E-state index is 13.3. The third-order valence-electron chi connectivity index (χ3n) is 6.00. The molecule has 2 aromatic rings. The minimum Gasteiger partial charge on any atom is -0.352 e. The van der Waals surface area contributed by atoms with E-state index in [9.17, 15) is 18.0 Å². The minimum absolute atomic E-state index is 0.0142. The number of aryl methyl sites for hydroxylation is 1. The number of halogens is 1. The van der Waals surface area contributed by atoms with Crippen molar-refractivity contribution < 1.29 is 18.0 Å². The van der Waals surface area contributed by atoms with Crippen molar-refractivity contribution in [3.63, 3.8) is 0 Å². The van der Waals surface area contributed by atoms with E-state index in [4.69, 9.17) is 11.6 Å². The number of hydrogen-bond donors (Lipinski definition) is 1. The van der Waals surface area contributed by atoms with Crippen LogP contribution in [0.25, 0.3) is 0 Å². The number of sulfonamides is 1. The average molecular weight is 522 g/mol. The van der Waals surface area contributed by atoms with Crippen molar-refractivity contribution in [3.8, 4) is 0 Å². The monoisotopic (exact) mass is 521 g/mol. The molecule has 2 rings (SSSR count). The Labute approximate surface area is 214 Å². The van der Waals surface area contributed by atoms with Gasteiger partial charge in [0.05, 0.1) is 11.9 Å². The van der Waals surface area contributed by atoms with Crippen LogP contribution in [0.5, 0.6) is 0 Å². The number of para-hydroxylation sites is 1. The van der Waals surface area contributed by atoms with Crippen molar-refractivity contribution in [3.05, 3.63) is 64.7 Å². The predicted molar refractivity (Wildman–Crippen MR) is 142 cm³/mol. The number of carbonyl (C=O) groups is 2. The van der Waals surface area contributed by atoms with Crippen molar-refractivity contribution >= 4 is 39.1 Å². The van der Waals surface area contributed by atoms with E-state index >= 15 is 0 Å². The van der Waals surface area contributed by atoms with Crippen LogP contribution < -0.4 is 9.62 Å². The largest absolute Gasteiger partial charge is 0.352 e. The SMILES string of the molecule is CCC(C)NC(=O)C(C)N(Cc1ccccc1Cl)C(=O)CCCN(c1ccccc1C)S(C)(=O)=O. The molecular weight excluding hydrogens is 486 g/mol. The molecule has 2 unspecified atom stereocenters. The second-order valence-corrected chi connectivity index (χ2v) is 11.1. The van der Waals surface area contributed by atoms with Gasteiger partial charge in [0, 0.05) is 30.6 Å². The van der Waals surface area contributed by atoms with Crippen molar-refractivity contribution in [2.24, 2.45) is 0 Å². The first kappa shape index (κ1) is 28.7. The molecule has 2 aromatic carbocycles. The Morgan fingerprint density at radius 1 is 1.06 bits per heavy atom. The van der Waals surface area contributed by atoms with Crippen LogP contribution in [-0.2, 0) is 26.2 Å². The second-order valence-electron chi connectivity index (χ2n) is 8.83. The van der Waals surface area contributed by atoms with E-state index in [-0.39, 0.29) is 37.4 Å². The van der Waals surface area contributed by atoms with Gasteiger partial charge in [-0.15, -0.1) is 0 Å². The van der Waals surface area contributed by atoms with Gasteiger partial charge in [0.25, 0.3) is 0 Å². The van der Waals surface area contributed by atoms with Gasteiger partial charge in [-0.3, -0.25) is 13.9 Å². The highest BCUT2D eigenvalue weighted by Gasteiger charge is 2.27. The van der Waals surface area contributed by atoms with Gasteiger partial charge in [0.15, 0.2) is 0 Å².